The average molecular weight is 872 g/mol. The molecule has 2 heterocycles. The SMILES string of the molecule is BrC1=NCC(c2ccccc2)=N1.C[Si](C)(C)CCOCCl.C[Si](C)(C)CCOCn1nc(S(=O)(=O)c2ccccc2)nc1Br.O=S=O. The summed E-state index contributed by atoms with van der Waals surface area (Å²) < 4.78 is 54.5. The van der Waals surface area contributed by atoms with Crippen LogP contribution in [0.25, 0.3) is 0 Å². The van der Waals surface area contributed by atoms with Crippen LogP contribution in [0, 0.1) is 0 Å². The van der Waals surface area contributed by atoms with Gasteiger partial charge in [-0.1, -0.05) is 99.4 Å². The lowest BCUT2D eigenvalue weighted by molar-refractivity contribution is 0.0759. The van der Waals surface area contributed by atoms with Crippen LogP contribution in [-0.2, 0) is 37.6 Å². The number of hydrogen-bond acceptors (Lipinski definition) is 10. The van der Waals surface area contributed by atoms with E-state index in [1.165, 1.54) is 22.9 Å². The Morgan fingerprint density at radius 1 is 0.872 bits per heavy atom. The second-order valence-corrected chi connectivity index (χ2v) is 27.1. The molecule has 18 heteroatoms. The molecule has 0 unspecified atom stereocenters. The van der Waals surface area contributed by atoms with Crippen molar-refractivity contribution in [2.75, 3.05) is 25.8 Å². The molecule has 0 aliphatic carbocycles. The highest BCUT2D eigenvalue weighted by Crippen LogP contribution is 2.20. The van der Waals surface area contributed by atoms with Gasteiger partial charge in [-0.15, -0.1) is 5.10 Å². The normalized spacial score (nSPS) is 12.7. The predicted molar refractivity (Wildman–Crippen MR) is 202 cm³/mol. The fourth-order valence-electron chi connectivity index (χ4n) is 3.28. The molecule has 0 radical (unpaired) electrons. The Kier molecular flexibility index (Phi) is 20.4. The van der Waals surface area contributed by atoms with E-state index in [1.807, 2.05) is 30.3 Å². The summed E-state index contributed by atoms with van der Waals surface area (Å²) in [5.41, 5.74) is 2.18. The van der Waals surface area contributed by atoms with Gasteiger partial charge in [0.05, 0.1) is 17.2 Å². The van der Waals surface area contributed by atoms with E-state index in [2.05, 4.69) is 91.2 Å². The van der Waals surface area contributed by atoms with E-state index in [1.54, 1.807) is 18.2 Å². The van der Waals surface area contributed by atoms with Gasteiger partial charge in [-0.25, -0.2) is 18.1 Å². The Morgan fingerprint density at radius 3 is 1.85 bits per heavy atom. The van der Waals surface area contributed by atoms with Crippen LogP contribution >= 0.6 is 43.5 Å². The Bertz CT molecular complexity index is 1570. The van der Waals surface area contributed by atoms with Crippen LogP contribution in [0.2, 0.25) is 51.4 Å². The fourth-order valence-corrected chi connectivity index (χ4v) is 6.84. The van der Waals surface area contributed by atoms with Crippen molar-refractivity contribution in [2.24, 2.45) is 9.98 Å². The summed E-state index contributed by atoms with van der Waals surface area (Å²) in [6, 6.07) is 20.8. The first-order valence-electron chi connectivity index (χ1n) is 14.4. The molecule has 11 nitrogen and oxygen atoms in total. The Morgan fingerprint density at radius 2 is 1.38 bits per heavy atom. The third-order valence-corrected chi connectivity index (χ3v) is 12.0. The maximum Gasteiger partial charge on any atom is 0.335 e. The topological polar surface area (TPSA) is 142 Å². The van der Waals surface area contributed by atoms with Gasteiger partial charge in [-0.2, -0.15) is 13.4 Å². The first-order valence-corrected chi connectivity index (χ1v) is 26.1. The standard InChI is InChI=1S/C14H20BrN3O3SSi.C9H7BrN2.C6H15ClOSi.O2S/c1-23(2,3)10-9-21-11-18-13(15)16-14(17-18)22(19,20)12-7-5-4-6-8-12;10-9-11-6-8(12-9)7-4-2-1-3-5-7;1-9(2,3)5-4-8-6-7;1-3-2/h4-8H,9-11H2,1-3H3;1-5H,6H2;4-6H2,1-3H3;. The number of benzene rings is 2. The van der Waals surface area contributed by atoms with Crippen LogP contribution in [-0.4, -0.2) is 84.0 Å². The number of alkyl halides is 1. The zero-order valence-electron chi connectivity index (χ0n) is 27.4. The quantitative estimate of drug-likeness (QED) is 0.0800. The van der Waals surface area contributed by atoms with E-state index in [-0.39, 0.29) is 16.8 Å². The molecule has 0 amide bonds. The summed E-state index contributed by atoms with van der Waals surface area (Å²) in [5.74, 6) is 0. The highest BCUT2D eigenvalue weighted by molar-refractivity contribution is 9.18. The highest BCUT2D eigenvalue weighted by atomic mass is 79.9. The van der Waals surface area contributed by atoms with Gasteiger partial charge in [0.1, 0.15) is 12.8 Å². The highest BCUT2D eigenvalue weighted by Gasteiger charge is 2.24. The van der Waals surface area contributed by atoms with Crippen molar-refractivity contribution in [3.63, 3.8) is 0 Å². The van der Waals surface area contributed by atoms with E-state index in [0.717, 1.165) is 23.9 Å². The van der Waals surface area contributed by atoms with Gasteiger partial charge in [0.2, 0.25) is 9.84 Å². The molecule has 0 atom stereocenters. The van der Waals surface area contributed by atoms with E-state index in [9.17, 15) is 8.42 Å². The molecular weight excluding hydrogens is 830 g/mol. The van der Waals surface area contributed by atoms with Gasteiger partial charge in [-0.05, 0) is 61.6 Å². The molecule has 1 aliphatic rings. The van der Waals surface area contributed by atoms with Crippen molar-refractivity contribution in [2.45, 2.75) is 68.2 Å². The summed E-state index contributed by atoms with van der Waals surface area (Å²) in [7, 11) is -5.75. The zero-order chi connectivity index (χ0) is 35.5. The number of ether oxygens (including phenoxy) is 2. The van der Waals surface area contributed by atoms with E-state index >= 15 is 0 Å². The minimum absolute atomic E-state index is 0.169. The van der Waals surface area contributed by atoms with Crippen LogP contribution in [0.3, 0.4) is 0 Å². The van der Waals surface area contributed by atoms with Gasteiger partial charge in [0.15, 0.2) is 9.48 Å². The molecule has 47 heavy (non-hydrogen) atoms. The molecule has 0 saturated heterocycles. The molecule has 0 bridgehead atoms. The van der Waals surface area contributed by atoms with Crippen LogP contribution in [0.5, 0.6) is 0 Å². The van der Waals surface area contributed by atoms with Gasteiger partial charge in [0, 0.05) is 29.4 Å². The maximum absolute atomic E-state index is 12.5. The molecule has 3 aromatic rings. The van der Waals surface area contributed by atoms with Crippen molar-refractivity contribution in [3.05, 3.63) is 71.0 Å². The monoisotopic (exact) mass is 869 g/mol. The maximum atomic E-state index is 12.5. The molecule has 260 valence electrons. The number of amidine groups is 1. The summed E-state index contributed by atoms with van der Waals surface area (Å²) in [4.78, 5) is 12.5. The summed E-state index contributed by atoms with van der Waals surface area (Å²) in [6.45, 7) is 16.1. The molecule has 0 saturated carbocycles. The number of sulfone groups is 1. The first-order chi connectivity index (χ1) is 22.0. The van der Waals surface area contributed by atoms with E-state index < -0.39 is 37.6 Å². The van der Waals surface area contributed by atoms with Crippen LogP contribution < -0.4 is 0 Å². The molecule has 0 N–H and O–H groups in total. The molecule has 2 aromatic carbocycles. The van der Waals surface area contributed by atoms with Gasteiger partial charge in [0.25, 0.3) is 5.16 Å². The number of halogens is 3. The van der Waals surface area contributed by atoms with Gasteiger partial charge >= 0.3 is 11.6 Å². The Hall–Kier alpha value is -1.71. The fraction of sp³-hybridized carbons (Fsp3) is 0.448. The molecule has 0 spiro atoms. The molecule has 0 fully saturated rings. The molecule has 4 rings (SSSR count). The summed E-state index contributed by atoms with van der Waals surface area (Å²) in [6.07, 6.45) is 0. The first kappa shape index (κ1) is 43.3. The number of aliphatic imine (C=N–C) groups is 2. The number of hydrogen-bond donors (Lipinski definition) is 0. The van der Waals surface area contributed by atoms with Gasteiger partial charge in [-0.3, -0.25) is 4.99 Å². The smallest absolute Gasteiger partial charge is 0.335 e. The Balaban J connectivity index is 0.000000382. The minimum Gasteiger partial charge on any atom is -0.366 e. The molecule has 1 aliphatic heterocycles. The van der Waals surface area contributed by atoms with Crippen molar-refractivity contribution in [3.8, 4) is 0 Å². The van der Waals surface area contributed by atoms with Crippen LogP contribution in [0.4, 0.5) is 0 Å². The second kappa shape index (κ2) is 22.1. The van der Waals surface area contributed by atoms with Crippen LogP contribution in [0.1, 0.15) is 5.56 Å². The predicted octanol–water partition coefficient (Wildman–Crippen LogP) is 7.29. The number of aromatic nitrogens is 3. The zero-order valence-corrected chi connectivity index (χ0v) is 34.9. The minimum atomic E-state index is -3.72. The van der Waals surface area contributed by atoms with Crippen molar-refractivity contribution < 1.29 is 26.3 Å². The van der Waals surface area contributed by atoms with Crippen molar-refractivity contribution in [1.82, 2.24) is 14.8 Å². The number of rotatable bonds is 12. The summed E-state index contributed by atoms with van der Waals surface area (Å²) >= 11 is 11.0. The lowest BCUT2D eigenvalue weighted by Gasteiger charge is -2.15. The van der Waals surface area contributed by atoms with E-state index in [0.29, 0.717) is 28.7 Å². The van der Waals surface area contributed by atoms with Crippen molar-refractivity contribution >= 4 is 91.5 Å². The lowest BCUT2D eigenvalue weighted by atomic mass is 10.1. The van der Waals surface area contributed by atoms with Crippen LogP contribution in [0.15, 0.2) is 85.4 Å². The number of nitrogens with zero attached hydrogens (tertiary/aromatic N) is 5. The average Bonchev–Trinajstić information content (AvgIpc) is 3.62. The third-order valence-electron chi connectivity index (χ3n) is 5.88. The third kappa shape index (κ3) is 18.6. The van der Waals surface area contributed by atoms with E-state index in [4.69, 9.17) is 29.5 Å². The Labute approximate surface area is 305 Å². The van der Waals surface area contributed by atoms with Gasteiger partial charge < -0.3 is 9.47 Å². The lowest BCUT2D eigenvalue weighted by Crippen LogP contribution is -2.22. The summed E-state index contributed by atoms with van der Waals surface area (Å²) in [5, 5.41) is 3.82. The molecular formula is C29H42Br2ClN5O6S2Si2. The second-order valence-electron chi connectivity index (χ2n) is 12.2. The van der Waals surface area contributed by atoms with Crippen molar-refractivity contribution in [1.29, 1.82) is 0 Å². The largest absolute Gasteiger partial charge is 0.366 e. The molecule has 1 aromatic heterocycles.